The molecule has 1 saturated heterocycles. The number of hydrogen-bond donors (Lipinski definition) is 2. The first kappa shape index (κ1) is 19.8. The van der Waals surface area contributed by atoms with Gasteiger partial charge in [0, 0.05) is 19.0 Å². The lowest BCUT2D eigenvalue weighted by Gasteiger charge is -2.32. The topological polar surface area (TPSA) is 95.9 Å². The van der Waals surface area contributed by atoms with Gasteiger partial charge >= 0.3 is 5.97 Å². The van der Waals surface area contributed by atoms with Crippen LogP contribution in [-0.4, -0.2) is 53.5 Å². The van der Waals surface area contributed by atoms with Crippen molar-refractivity contribution in [2.75, 3.05) is 19.7 Å². The van der Waals surface area contributed by atoms with E-state index in [0.717, 1.165) is 0 Å². The fraction of sp³-hybridized carbons (Fsp3) is 0.526. The summed E-state index contributed by atoms with van der Waals surface area (Å²) in [7, 11) is 0. The second kappa shape index (κ2) is 9.22. The number of carboxylic acid groups (broad SMARTS) is 1. The van der Waals surface area contributed by atoms with Gasteiger partial charge in [0.25, 0.3) is 5.91 Å². The molecule has 0 aliphatic carbocycles. The third-order valence-electron chi connectivity index (χ3n) is 4.55. The lowest BCUT2D eigenvalue weighted by molar-refractivity contribution is -0.144. The molecule has 0 radical (unpaired) electrons. The second-order valence-corrected chi connectivity index (χ2v) is 6.83. The standard InChI is InChI=1S/C19H26N2O5/c1-13(2)17(19(24)25)20-18(23)14-8-10-21(11-9-14)16(22)12-26-15-6-4-3-5-7-15/h3-7,13-14,17H,8-12H2,1-2H3,(H,20,23)(H,24,25). The van der Waals surface area contributed by atoms with Gasteiger partial charge in [0.1, 0.15) is 11.8 Å². The maximum Gasteiger partial charge on any atom is 0.326 e. The molecule has 1 aromatic rings. The van der Waals surface area contributed by atoms with Crippen LogP contribution in [0.5, 0.6) is 5.75 Å². The largest absolute Gasteiger partial charge is 0.484 e. The molecule has 0 saturated carbocycles. The highest BCUT2D eigenvalue weighted by atomic mass is 16.5. The van der Waals surface area contributed by atoms with Crippen molar-refractivity contribution in [3.8, 4) is 5.75 Å². The van der Waals surface area contributed by atoms with Crippen LogP contribution in [0.1, 0.15) is 26.7 Å². The van der Waals surface area contributed by atoms with E-state index in [1.165, 1.54) is 0 Å². The summed E-state index contributed by atoms with van der Waals surface area (Å²) >= 11 is 0. The molecule has 7 heteroatoms. The molecule has 1 heterocycles. The Morgan fingerprint density at radius 2 is 1.81 bits per heavy atom. The van der Waals surface area contributed by atoms with Gasteiger partial charge in [0.05, 0.1) is 0 Å². The Bertz CT molecular complexity index is 624. The van der Waals surface area contributed by atoms with E-state index in [2.05, 4.69) is 5.32 Å². The summed E-state index contributed by atoms with van der Waals surface area (Å²) in [5.74, 6) is -1.21. The lowest BCUT2D eigenvalue weighted by atomic mass is 9.94. The van der Waals surface area contributed by atoms with Crippen LogP contribution in [0.4, 0.5) is 0 Å². The Kier molecular flexibility index (Phi) is 7.00. The van der Waals surface area contributed by atoms with Crippen molar-refractivity contribution in [1.82, 2.24) is 10.2 Å². The van der Waals surface area contributed by atoms with Crippen LogP contribution in [0.25, 0.3) is 0 Å². The molecule has 1 aliphatic rings. The molecule has 1 unspecified atom stereocenters. The van der Waals surface area contributed by atoms with Crippen molar-refractivity contribution in [3.63, 3.8) is 0 Å². The van der Waals surface area contributed by atoms with E-state index in [1.54, 1.807) is 30.9 Å². The molecule has 0 aromatic heterocycles. The highest BCUT2D eigenvalue weighted by Crippen LogP contribution is 2.19. The van der Waals surface area contributed by atoms with Crippen molar-refractivity contribution >= 4 is 17.8 Å². The molecule has 1 atom stereocenters. The zero-order valence-electron chi connectivity index (χ0n) is 15.2. The average molecular weight is 362 g/mol. The van der Waals surface area contributed by atoms with Gasteiger partial charge in [-0.2, -0.15) is 0 Å². The van der Waals surface area contributed by atoms with Gasteiger partial charge in [-0.05, 0) is 30.9 Å². The minimum atomic E-state index is -1.03. The van der Waals surface area contributed by atoms with Crippen molar-refractivity contribution in [3.05, 3.63) is 30.3 Å². The van der Waals surface area contributed by atoms with Gasteiger partial charge < -0.3 is 20.1 Å². The fourth-order valence-corrected chi connectivity index (χ4v) is 2.93. The number of para-hydroxylation sites is 1. The summed E-state index contributed by atoms with van der Waals surface area (Å²) in [6, 6.07) is 8.24. The van der Waals surface area contributed by atoms with Crippen molar-refractivity contribution < 1.29 is 24.2 Å². The number of piperidine rings is 1. The number of aliphatic carboxylic acids is 1. The van der Waals surface area contributed by atoms with Crippen molar-refractivity contribution in [2.45, 2.75) is 32.7 Å². The molecule has 26 heavy (non-hydrogen) atoms. The van der Waals surface area contributed by atoms with Gasteiger partial charge in [-0.1, -0.05) is 32.0 Å². The zero-order chi connectivity index (χ0) is 19.1. The Morgan fingerprint density at radius 3 is 2.35 bits per heavy atom. The SMILES string of the molecule is CC(C)C(NC(=O)C1CCN(C(=O)COc2ccccc2)CC1)C(=O)O. The summed E-state index contributed by atoms with van der Waals surface area (Å²) in [4.78, 5) is 37.4. The minimum Gasteiger partial charge on any atom is -0.484 e. The van der Waals surface area contributed by atoms with Crippen LogP contribution in [-0.2, 0) is 14.4 Å². The first-order valence-electron chi connectivity index (χ1n) is 8.87. The average Bonchev–Trinajstić information content (AvgIpc) is 2.64. The third kappa shape index (κ3) is 5.47. The molecule has 7 nitrogen and oxygen atoms in total. The molecular formula is C19H26N2O5. The summed E-state index contributed by atoms with van der Waals surface area (Å²) in [6.07, 6.45) is 1.04. The fourth-order valence-electron chi connectivity index (χ4n) is 2.93. The van der Waals surface area contributed by atoms with Gasteiger partial charge in [-0.15, -0.1) is 0 Å². The second-order valence-electron chi connectivity index (χ2n) is 6.83. The number of nitrogens with zero attached hydrogens (tertiary/aromatic N) is 1. The molecular weight excluding hydrogens is 336 g/mol. The monoisotopic (exact) mass is 362 g/mol. The molecule has 0 bridgehead atoms. The van der Waals surface area contributed by atoms with E-state index >= 15 is 0 Å². The zero-order valence-corrected chi connectivity index (χ0v) is 15.2. The number of nitrogens with one attached hydrogen (secondary N) is 1. The van der Waals surface area contributed by atoms with Gasteiger partial charge in [-0.25, -0.2) is 4.79 Å². The smallest absolute Gasteiger partial charge is 0.326 e. The van der Waals surface area contributed by atoms with Crippen LogP contribution in [0.2, 0.25) is 0 Å². The predicted molar refractivity (Wildman–Crippen MR) is 95.6 cm³/mol. The Balaban J connectivity index is 1.78. The van der Waals surface area contributed by atoms with E-state index in [9.17, 15) is 19.5 Å². The maximum absolute atomic E-state index is 12.3. The Hall–Kier alpha value is -2.57. The number of benzene rings is 1. The summed E-state index contributed by atoms with van der Waals surface area (Å²) in [5, 5.41) is 11.8. The van der Waals surface area contributed by atoms with E-state index in [0.29, 0.717) is 31.7 Å². The molecule has 1 fully saturated rings. The predicted octanol–water partition coefficient (Wildman–Crippen LogP) is 1.53. The van der Waals surface area contributed by atoms with Crippen LogP contribution >= 0.6 is 0 Å². The summed E-state index contributed by atoms with van der Waals surface area (Å²) in [6.45, 7) is 4.42. The third-order valence-corrected chi connectivity index (χ3v) is 4.55. The molecule has 1 aromatic carbocycles. The molecule has 0 spiro atoms. The normalized spacial score (nSPS) is 16.2. The molecule has 2 amide bonds. The number of amides is 2. The number of carbonyl (C=O) groups is 3. The quantitative estimate of drug-likeness (QED) is 0.767. The minimum absolute atomic E-state index is 0.0324. The molecule has 142 valence electrons. The number of ether oxygens (including phenoxy) is 1. The van der Waals surface area contributed by atoms with Gasteiger partial charge in [0.15, 0.2) is 6.61 Å². The maximum atomic E-state index is 12.3. The van der Waals surface area contributed by atoms with E-state index in [1.807, 2.05) is 18.2 Å². The highest BCUT2D eigenvalue weighted by Gasteiger charge is 2.31. The number of hydrogen-bond acceptors (Lipinski definition) is 4. The van der Waals surface area contributed by atoms with Crippen LogP contribution < -0.4 is 10.1 Å². The number of carboxylic acids is 1. The lowest BCUT2D eigenvalue weighted by Crippen LogP contribution is -2.49. The van der Waals surface area contributed by atoms with Gasteiger partial charge in [-0.3, -0.25) is 9.59 Å². The van der Waals surface area contributed by atoms with Crippen LogP contribution in [0, 0.1) is 11.8 Å². The van der Waals surface area contributed by atoms with Crippen molar-refractivity contribution in [2.24, 2.45) is 11.8 Å². The van der Waals surface area contributed by atoms with Crippen LogP contribution in [0.15, 0.2) is 30.3 Å². The van der Waals surface area contributed by atoms with Crippen molar-refractivity contribution in [1.29, 1.82) is 0 Å². The van der Waals surface area contributed by atoms with E-state index < -0.39 is 12.0 Å². The highest BCUT2D eigenvalue weighted by molar-refractivity contribution is 5.85. The number of carbonyl (C=O) groups excluding carboxylic acids is 2. The Labute approximate surface area is 153 Å². The van der Waals surface area contributed by atoms with E-state index in [4.69, 9.17) is 4.74 Å². The number of likely N-dealkylation sites (tertiary alicyclic amines) is 1. The molecule has 2 rings (SSSR count). The van der Waals surface area contributed by atoms with Crippen LogP contribution in [0.3, 0.4) is 0 Å². The number of rotatable bonds is 7. The summed E-state index contributed by atoms with van der Waals surface area (Å²) < 4.78 is 5.46. The van der Waals surface area contributed by atoms with E-state index in [-0.39, 0.29) is 30.3 Å². The molecule has 1 aliphatic heterocycles. The molecule has 2 N–H and O–H groups in total. The Morgan fingerprint density at radius 1 is 1.19 bits per heavy atom. The summed E-state index contributed by atoms with van der Waals surface area (Å²) in [5.41, 5.74) is 0. The first-order valence-corrected chi connectivity index (χ1v) is 8.87. The van der Waals surface area contributed by atoms with Gasteiger partial charge in [0.2, 0.25) is 5.91 Å². The first-order chi connectivity index (χ1) is 12.4.